The highest BCUT2D eigenvalue weighted by atomic mass is 32.1. The number of para-hydroxylation sites is 2. The van der Waals surface area contributed by atoms with E-state index in [1.165, 1.54) is 138 Å². The number of hydrogen-bond acceptors (Lipinski definition) is 3. The maximum Gasteiger partial charge on any atom is 0.0555 e. The summed E-state index contributed by atoms with van der Waals surface area (Å²) in [7, 11) is 0. The third kappa shape index (κ3) is 5.03. The second-order valence-electron chi connectivity index (χ2n) is 17.1. The number of rotatable bonds is 4. The van der Waals surface area contributed by atoms with E-state index >= 15 is 0 Å². The number of benzene rings is 10. The summed E-state index contributed by atoms with van der Waals surface area (Å²) in [5.74, 6) is 0. The Morgan fingerprint density at radius 3 is 1.15 bits per heavy atom. The van der Waals surface area contributed by atoms with E-state index in [0.29, 0.717) is 0 Å². The van der Waals surface area contributed by atoms with Crippen LogP contribution >= 0.6 is 34.0 Å². The Kier molecular flexibility index (Phi) is 7.44. The van der Waals surface area contributed by atoms with Crippen molar-refractivity contribution in [3.05, 3.63) is 206 Å². The summed E-state index contributed by atoms with van der Waals surface area (Å²) in [5, 5.41) is 13.1. The fourth-order valence-corrected chi connectivity index (χ4v) is 14.8. The largest absolute Gasteiger partial charge is 0.309 e. The van der Waals surface area contributed by atoms with Gasteiger partial charge in [0.15, 0.2) is 0 Å². The number of hydrogen-bond donors (Lipinski definition) is 0. The predicted molar refractivity (Wildman–Crippen MR) is 285 cm³/mol. The number of nitrogens with zero attached hydrogens (tertiary/aromatic N) is 2. The van der Waals surface area contributed by atoms with Crippen LogP contribution in [0.3, 0.4) is 0 Å². The van der Waals surface area contributed by atoms with Crippen LogP contribution in [-0.2, 0) is 0 Å². The van der Waals surface area contributed by atoms with Crippen LogP contribution in [0.2, 0.25) is 0 Å². The van der Waals surface area contributed by atoms with E-state index in [4.69, 9.17) is 0 Å². The van der Waals surface area contributed by atoms with Crippen molar-refractivity contribution in [3.63, 3.8) is 0 Å². The van der Waals surface area contributed by atoms with Gasteiger partial charge in [-0.05, 0) is 82.9 Å². The van der Waals surface area contributed by atoms with Gasteiger partial charge in [-0.2, -0.15) is 0 Å². The lowest BCUT2D eigenvalue weighted by molar-refractivity contribution is 1.18. The van der Waals surface area contributed by atoms with Crippen molar-refractivity contribution >= 4 is 138 Å². The molecule has 0 amide bonds. The summed E-state index contributed by atoms with van der Waals surface area (Å²) in [6.45, 7) is 0. The van der Waals surface area contributed by atoms with Gasteiger partial charge in [-0.25, -0.2) is 0 Å². The molecule has 0 aliphatic heterocycles. The molecule has 0 bridgehead atoms. The Hall–Kier alpha value is -7.54. The molecule has 0 fully saturated rings. The van der Waals surface area contributed by atoms with Crippen molar-refractivity contribution in [1.29, 1.82) is 0 Å². The van der Waals surface area contributed by atoms with Crippen molar-refractivity contribution in [2.24, 2.45) is 0 Å². The first-order valence-corrected chi connectivity index (χ1v) is 24.5. The smallest absolute Gasteiger partial charge is 0.0555 e. The Labute approximate surface area is 384 Å². The summed E-state index contributed by atoms with van der Waals surface area (Å²) in [6, 6.07) is 76.8. The summed E-state index contributed by atoms with van der Waals surface area (Å²) in [5.41, 5.74) is 12.3. The van der Waals surface area contributed by atoms with E-state index in [2.05, 4.69) is 215 Å². The van der Waals surface area contributed by atoms with Gasteiger partial charge in [0.2, 0.25) is 0 Å². The summed E-state index contributed by atoms with van der Waals surface area (Å²) >= 11 is 5.73. The molecule has 65 heavy (non-hydrogen) atoms. The van der Waals surface area contributed by atoms with Crippen molar-refractivity contribution in [1.82, 2.24) is 9.13 Å². The summed E-state index contributed by atoms with van der Waals surface area (Å²) in [6.07, 6.45) is 0. The molecule has 0 saturated heterocycles. The average molecular weight is 879 g/mol. The van der Waals surface area contributed by atoms with E-state index < -0.39 is 0 Å². The van der Waals surface area contributed by atoms with Gasteiger partial charge in [0.1, 0.15) is 0 Å². The standard InChI is InChI=1S/C60H34N2S3/c1-5-25-49-47(19-1)55-51(61(49)37-15-9-13-35(33-37)39-21-11-23-43-41-17-3-7-27-53(41)63-57(39)43)31-29-45-46-30-32-52-56(60(46)65-59(45)55)48-20-2-6-26-50(48)62(52)38-16-10-14-36(34-38)40-22-12-24-44-42-18-4-8-28-54(42)64-58(40)44/h1-34H. The fraction of sp³-hybridized carbons (Fsp3) is 0. The van der Waals surface area contributed by atoms with Crippen LogP contribution in [0.5, 0.6) is 0 Å². The van der Waals surface area contributed by atoms with E-state index in [1.807, 2.05) is 34.0 Å². The summed E-state index contributed by atoms with van der Waals surface area (Å²) in [4.78, 5) is 0. The predicted octanol–water partition coefficient (Wildman–Crippen LogP) is 18.3. The molecule has 5 aromatic heterocycles. The number of fused-ring (bicyclic) bond motifs is 17. The van der Waals surface area contributed by atoms with Crippen LogP contribution in [0.15, 0.2) is 206 Å². The molecule has 15 aromatic rings. The van der Waals surface area contributed by atoms with Crippen molar-refractivity contribution in [2.45, 2.75) is 0 Å². The van der Waals surface area contributed by atoms with Gasteiger partial charge < -0.3 is 9.13 Å². The van der Waals surface area contributed by atoms with Crippen LogP contribution in [0, 0.1) is 0 Å². The second-order valence-corrected chi connectivity index (χ2v) is 20.3. The van der Waals surface area contributed by atoms with E-state index in [1.54, 1.807) is 0 Å². The molecule has 0 aliphatic rings. The van der Waals surface area contributed by atoms with E-state index in [0.717, 1.165) is 0 Å². The molecule has 2 nitrogen and oxygen atoms in total. The molecule has 10 aromatic carbocycles. The van der Waals surface area contributed by atoms with E-state index in [9.17, 15) is 0 Å². The molecular formula is C60H34N2S3. The lowest BCUT2D eigenvalue weighted by Crippen LogP contribution is -1.94. The Morgan fingerprint density at radius 2 is 0.662 bits per heavy atom. The molecule has 0 atom stereocenters. The molecular weight excluding hydrogens is 845 g/mol. The minimum absolute atomic E-state index is 1.17. The first-order valence-electron chi connectivity index (χ1n) is 22.1. The molecule has 5 heterocycles. The molecule has 0 aliphatic carbocycles. The van der Waals surface area contributed by atoms with Gasteiger partial charge in [0.25, 0.3) is 0 Å². The molecule has 15 rings (SSSR count). The zero-order chi connectivity index (χ0) is 42.3. The SMILES string of the molecule is c1cc(-c2cccc3c2sc2ccccc23)cc(-n2c3ccccc3c3c4sc5c(ccc6c5c5ccccc5n6-c5cccc(-c6cccc7c6sc6ccccc67)c5)c4ccc32)c1. The normalized spacial score (nSPS) is 12.3. The molecule has 0 spiro atoms. The highest BCUT2D eigenvalue weighted by molar-refractivity contribution is 7.28. The Bertz CT molecular complexity index is 4210. The van der Waals surface area contributed by atoms with Gasteiger partial charge in [0, 0.05) is 93.4 Å². The average Bonchev–Trinajstić information content (AvgIpc) is 4.18. The zero-order valence-corrected chi connectivity index (χ0v) is 37.2. The fourth-order valence-electron chi connectivity index (χ4n) is 10.9. The lowest BCUT2D eigenvalue weighted by atomic mass is 10.0. The van der Waals surface area contributed by atoms with Crippen molar-refractivity contribution < 1.29 is 0 Å². The third-order valence-electron chi connectivity index (χ3n) is 13.7. The molecule has 5 heteroatoms. The van der Waals surface area contributed by atoms with Crippen LogP contribution in [-0.4, -0.2) is 9.13 Å². The van der Waals surface area contributed by atoms with E-state index in [-0.39, 0.29) is 0 Å². The highest BCUT2D eigenvalue weighted by Crippen LogP contribution is 2.49. The molecule has 0 saturated carbocycles. The minimum atomic E-state index is 1.17. The molecule has 0 N–H and O–H groups in total. The van der Waals surface area contributed by atoms with Gasteiger partial charge in [-0.1, -0.05) is 146 Å². The number of aromatic nitrogens is 2. The van der Waals surface area contributed by atoms with Crippen LogP contribution in [0.4, 0.5) is 0 Å². The topological polar surface area (TPSA) is 9.86 Å². The first kappa shape index (κ1) is 35.9. The molecule has 0 radical (unpaired) electrons. The lowest BCUT2D eigenvalue weighted by Gasteiger charge is -2.11. The van der Waals surface area contributed by atoms with Crippen LogP contribution in [0.25, 0.3) is 138 Å². The second kappa shape index (κ2) is 13.5. The highest BCUT2D eigenvalue weighted by Gasteiger charge is 2.22. The van der Waals surface area contributed by atoms with Gasteiger partial charge in [0.05, 0.1) is 22.1 Å². The van der Waals surface area contributed by atoms with Gasteiger partial charge in [-0.15, -0.1) is 34.0 Å². The third-order valence-corrected chi connectivity index (χ3v) is 17.4. The van der Waals surface area contributed by atoms with Gasteiger partial charge in [-0.3, -0.25) is 0 Å². The van der Waals surface area contributed by atoms with Crippen LogP contribution in [0.1, 0.15) is 0 Å². The Balaban J connectivity index is 0.931. The van der Waals surface area contributed by atoms with Gasteiger partial charge >= 0.3 is 0 Å². The maximum atomic E-state index is 2.48. The Morgan fingerprint density at radius 1 is 0.262 bits per heavy atom. The first-order chi connectivity index (χ1) is 32.2. The zero-order valence-electron chi connectivity index (χ0n) is 34.7. The molecule has 0 unspecified atom stereocenters. The van der Waals surface area contributed by atoms with Crippen molar-refractivity contribution in [2.75, 3.05) is 0 Å². The maximum absolute atomic E-state index is 2.48. The quantitative estimate of drug-likeness (QED) is 0.167. The monoisotopic (exact) mass is 878 g/mol. The summed E-state index contributed by atoms with van der Waals surface area (Å²) < 4.78 is 13.0. The molecule has 302 valence electrons. The number of thiophene rings is 3. The minimum Gasteiger partial charge on any atom is -0.309 e. The van der Waals surface area contributed by atoms with Crippen LogP contribution < -0.4 is 0 Å². The van der Waals surface area contributed by atoms with Crippen molar-refractivity contribution in [3.8, 4) is 33.6 Å².